The zero-order valence-corrected chi connectivity index (χ0v) is 16.3. The van der Waals surface area contributed by atoms with Crippen molar-refractivity contribution >= 4 is 11.6 Å². The molecule has 0 aromatic heterocycles. The molecule has 4 nitrogen and oxygen atoms in total. The normalized spacial score (nSPS) is 20.7. The monoisotopic (exact) mass is 366 g/mol. The van der Waals surface area contributed by atoms with Crippen LogP contribution in [0.2, 0.25) is 0 Å². The molecule has 0 unspecified atom stereocenters. The fourth-order valence-corrected chi connectivity index (χ4v) is 3.69. The Bertz CT molecular complexity index is 724. The molecule has 4 heteroatoms. The summed E-state index contributed by atoms with van der Waals surface area (Å²) in [4.78, 5) is 13.2. The van der Waals surface area contributed by atoms with Gasteiger partial charge in [-0.05, 0) is 56.2 Å². The first-order chi connectivity index (χ1) is 13.2. The number of anilines is 1. The zero-order valence-electron chi connectivity index (χ0n) is 16.3. The van der Waals surface area contributed by atoms with Gasteiger partial charge in [0.05, 0.1) is 12.3 Å². The Labute approximate surface area is 162 Å². The molecule has 0 saturated heterocycles. The van der Waals surface area contributed by atoms with Crippen LogP contribution in [0, 0.1) is 5.92 Å². The van der Waals surface area contributed by atoms with Crippen molar-refractivity contribution in [1.29, 1.82) is 0 Å². The summed E-state index contributed by atoms with van der Waals surface area (Å²) in [6.45, 7) is 4.81. The Kier molecular flexibility index (Phi) is 6.88. The lowest BCUT2D eigenvalue weighted by molar-refractivity contribution is -0.118. The van der Waals surface area contributed by atoms with E-state index in [1.54, 1.807) is 0 Å². The smallest absolute Gasteiger partial charge is 0.246 e. The summed E-state index contributed by atoms with van der Waals surface area (Å²) in [5, 5.41) is 6.68. The lowest BCUT2D eigenvalue weighted by Crippen LogP contribution is -2.41. The SMILES string of the molecule is CCOc1ccccc1NC(=O)[C@@H](NC1CCC(C)CC1)c1ccccc1. The minimum Gasteiger partial charge on any atom is -0.492 e. The molecule has 2 N–H and O–H groups in total. The Hall–Kier alpha value is -2.33. The van der Waals surface area contributed by atoms with Crippen LogP contribution in [0.15, 0.2) is 54.6 Å². The molecular formula is C23H30N2O2. The van der Waals surface area contributed by atoms with E-state index in [4.69, 9.17) is 4.74 Å². The highest BCUT2D eigenvalue weighted by atomic mass is 16.5. The van der Waals surface area contributed by atoms with E-state index in [0.717, 1.165) is 24.3 Å². The van der Waals surface area contributed by atoms with Crippen molar-refractivity contribution in [3.63, 3.8) is 0 Å². The van der Waals surface area contributed by atoms with Gasteiger partial charge in [0.15, 0.2) is 0 Å². The minimum absolute atomic E-state index is 0.0491. The third kappa shape index (κ3) is 5.33. The first kappa shape index (κ1) is 19.4. The highest BCUT2D eigenvalue weighted by Crippen LogP contribution is 2.28. The molecule has 0 bridgehead atoms. The van der Waals surface area contributed by atoms with Gasteiger partial charge in [-0.25, -0.2) is 0 Å². The summed E-state index contributed by atoms with van der Waals surface area (Å²) >= 11 is 0. The maximum Gasteiger partial charge on any atom is 0.246 e. The summed E-state index contributed by atoms with van der Waals surface area (Å²) in [6.07, 6.45) is 4.67. The molecule has 1 aliphatic carbocycles. The van der Waals surface area contributed by atoms with Crippen LogP contribution < -0.4 is 15.4 Å². The first-order valence-corrected chi connectivity index (χ1v) is 10.0. The molecule has 27 heavy (non-hydrogen) atoms. The van der Waals surface area contributed by atoms with Crippen LogP contribution in [0.5, 0.6) is 5.75 Å². The fourth-order valence-electron chi connectivity index (χ4n) is 3.69. The van der Waals surface area contributed by atoms with Crippen LogP contribution in [-0.4, -0.2) is 18.6 Å². The standard InChI is InChI=1S/C23H30N2O2/c1-3-27-21-12-8-7-11-20(21)25-23(26)22(18-9-5-4-6-10-18)24-19-15-13-17(2)14-16-19/h4-12,17,19,22,24H,3,13-16H2,1-2H3,(H,25,26)/t17?,19?,22-/m0/s1. The third-order valence-electron chi connectivity index (χ3n) is 5.26. The summed E-state index contributed by atoms with van der Waals surface area (Å²) in [7, 11) is 0. The van der Waals surface area contributed by atoms with Gasteiger partial charge in [0, 0.05) is 6.04 Å². The van der Waals surface area contributed by atoms with Gasteiger partial charge in [-0.3, -0.25) is 10.1 Å². The highest BCUT2D eigenvalue weighted by Gasteiger charge is 2.26. The Morgan fingerprint density at radius 2 is 1.70 bits per heavy atom. The molecule has 0 heterocycles. The number of para-hydroxylation sites is 2. The summed E-state index contributed by atoms with van der Waals surface area (Å²) in [5.74, 6) is 1.43. The average Bonchev–Trinajstić information content (AvgIpc) is 2.70. The lowest BCUT2D eigenvalue weighted by Gasteiger charge is -2.30. The minimum atomic E-state index is -0.376. The van der Waals surface area contributed by atoms with Crippen molar-refractivity contribution < 1.29 is 9.53 Å². The Balaban J connectivity index is 1.77. The van der Waals surface area contributed by atoms with Crippen molar-refractivity contribution in [2.75, 3.05) is 11.9 Å². The van der Waals surface area contributed by atoms with Crippen molar-refractivity contribution in [3.05, 3.63) is 60.2 Å². The summed E-state index contributed by atoms with van der Waals surface area (Å²) in [6, 6.07) is 17.5. The second-order valence-corrected chi connectivity index (χ2v) is 7.39. The zero-order chi connectivity index (χ0) is 19.1. The number of carbonyl (C=O) groups is 1. The topological polar surface area (TPSA) is 50.4 Å². The van der Waals surface area contributed by atoms with Crippen LogP contribution in [0.1, 0.15) is 51.1 Å². The number of nitrogens with one attached hydrogen (secondary N) is 2. The number of carbonyl (C=O) groups excluding carboxylic acids is 1. The number of rotatable bonds is 7. The molecule has 1 fully saturated rings. The number of ether oxygens (including phenoxy) is 1. The van der Waals surface area contributed by atoms with Gasteiger partial charge >= 0.3 is 0 Å². The lowest BCUT2D eigenvalue weighted by atomic mass is 9.86. The molecule has 0 spiro atoms. The number of hydrogen-bond acceptors (Lipinski definition) is 3. The second kappa shape index (κ2) is 9.56. The molecule has 1 aliphatic rings. The summed E-state index contributed by atoms with van der Waals surface area (Å²) < 4.78 is 5.65. The highest BCUT2D eigenvalue weighted by molar-refractivity contribution is 5.96. The molecule has 1 amide bonds. The fraction of sp³-hybridized carbons (Fsp3) is 0.435. The maximum absolute atomic E-state index is 13.2. The number of hydrogen-bond donors (Lipinski definition) is 2. The average molecular weight is 367 g/mol. The van der Waals surface area contributed by atoms with Crippen molar-refractivity contribution in [1.82, 2.24) is 5.32 Å². The van der Waals surface area contributed by atoms with Crippen LogP contribution in [0.25, 0.3) is 0 Å². The van der Waals surface area contributed by atoms with Gasteiger partial charge < -0.3 is 10.1 Å². The van der Waals surface area contributed by atoms with Gasteiger partial charge in [-0.1, -0.05) is 49.4 Å². The van der Waals surface area contributed by atoms with Gasteiger partial charge in [0.2, 0.25) is 5.91 Å². The van der Waals surface area contributed by atoms with Crippen molar-refractivity contribution in [2.45, 2.75) is 51.6 Å². The first-order valence-electron chi connectivity index (χ1n) is 10.0. The molecule has 1 atom stereocenters. The van der Waals surface area contributed by atoms with Crippen molar-refractivity contribution in [2.24, 2.45) is 5.92 Å². The molecule has 1 saturated carbocycles. The molecule has 0 aliphatic heterocycles. The van der Waals surface area contributed by atoms with E-state index in [1.165, 1.54) is 12.8 Å². The van der Waals surface area contributed by atoms with E-state index < -0.39 is 0 Å². The molecule has 0 radical (unpaired) electrons. The molecular weight excluding hydrogens is 336 g/mol. The van der Waals surface area contributed by atoms with E-state index in [9.17, 15) is 4.79 Å². The predicted octanol–water partition coefficient (Wildman–Crippen LogP) is 4.93. The second-order valence-electron chi connectivity index (χ2n) is 7.39. The Morgan fingerprint density at radius 1 is 1.04 bits per heavy atom. The third-order valence-corrected chi connectivity index (χ3v) is 5.26. The van der Waals surface area contributed by atoms with E-state index in [2.05, 4.69) is 17.6 Å². The Morgan fingerprint density at radius 3 is 2.41 bits per heavy atom. The van der Waals surface area contributed by atoms with Crippen molar-refractivity contribution in [3.8, 4) is 5.75 Å². The molecule has 144 valence electrons. The maximum atomic E-state index is 13.2. The van der Waals surface area contributed by atoms with Crippen LogP contribution >= 0.6 is 0 Å². The molecule has 2 aromatic carbocycles. The van der Waals surface area contributed by atoms with E-state index in [1.807, 2.05) is 61.5 Å². The molecule has 3 rings (SSSR count). The van der Waals surface area contributed by atoms with E-state index >= 15 is 0 Å². The van der Waals surface area contributed by atoms with E-state index in [0.29, 0.717) is 24.1 Å². The largest absolute Gasteiger partial charge is 0.492 e. The quantitative estimate of drug-likeness (QED) is 0.730. The van der Waals surface area contributed by atoms with Gasteiger partial charge in [0.1, 0.15) is 11.8 Å². The number of benzene rings is 2. The summed E-state index contributed by atoms with van der Waals surface area (Å²) in [5.41, 5.74) is 1.70. The van der Waals surface area contributed by atoms with Crippen LogP contribution in [-0.2, 0) is 4.79 Å². The van der Waals surface area contributed by atoms with Gasteiger partial charge in [-0.2, -0.15) is 0 Å². The molecule has 2 aromatic rings. The van der Waals surface area contributed by atoms with E-state index in [-0.39, 0.29) is 11.9 Å². The van der Waals surface area contributed by atoms with Crippen LogP contribution in [0.4, 0.5) is 5.69 Å². The van der Waals surface area contributed by atoms with Crippen LogP contribution in [0.3, 0.4) is 0 Å². The predicted molar refractivity (Wildman–Crippen MR) is 110 cm³/mol. The number of amides is 1. The van der Waals surface area contributed by atoms with Gasteiger partial charge in [-0.15, -0.1) is 0 Å². The van der Waals surface area contributed by atoms with Gasteiger partial charge in [0.25, 0.3) is 0 Å².